The zero-order valence-electron chi connectivity index (χ0n) is 11.0. The summed E-state index contributed by atoms with van der Waals surface area (Å²) < 4.78 is 0. The lowest BCUT2D eigenvalue weighted by atomic mass is 9.91. The Kier molecular flexibility index (Phi) is 2.74. The van der Waals surface area contributed by atoms with Crippen LogP contribution in [-0.4, -0.2) is 6.04 Å². The maximum absolute atomic E-state index is 3.71. The molecule has 3 rings (SSSR count). The van der Waals surface area contributed by atoms with Gasteiger partial charge in [-0.05, 0) is 49.1 Å². The highest BCUT2D eigenvalue weighted by molar-refractivity contribution is 5.33. The Bertz CT molecular complexity index is 388. The lowest BCUT2D eigenvalue weighted by molar-refractivity contribution is 0.341. The van der Waals surface area contributed by atoms with Gasteiger partial charge in [0, 0.05) is 12.1 Å². The molecule has 2 unspecified atom stereocenters. The summed E-state index contributed by atoms with van der Waals surface area (Å²) >= 11 is 0. The van der Waals surface area contributed by atoms with E-state index in [0.717, 1.165) is 0 Å². The Morgan fingerprint density at radius 2 is 1.82 bits per heavy atom. The minimum absolute atomic E-state index is 0.506. The van der Waals surface area contributed by atoms with Crippen molar-refractivity contribution in [2.75, 3.05) is 0 Å². The van der Waals surface area contributed by atoms with E-state index in [1.54, 1.807) is 0 Å². The van der Waals surface area contributed by atoms with Crippen molar-refractivity contribution in [3.05, 3.63) is 35.4 Å². The summed E-state index contributed by atoms with van der Waals surface area (Å²) in [6, 6.07) is 10.6. The van der Waals surface area contributed by atoms with E-state index in [2.05, 4.69) is 43.4 Å². The van der Waals surface area contributed by atoms with Crippen LogP contribution in [0.15, 0.2) is 24.3 Å². The summed E-state index contributed by atoms with van der Waals surface area (Å²) in [6.45, 7) is 4.68. The van der Waals surface area contributed by atoms with E-state index in [1.165, 1.54) is 43.2 Å². The summed E-state index contributed by atoms with van der Waals surface area (Å²) in [5.74, 6) is 0. The molecule has 1 nitrogen and oxygen atoms in total. The van der Waals surface area contributed by atoms with Crippen LogP contribution in [0.3, 0.4) is 0 Å². The topological polar surface area (TPSA) is 12.0 Å². The third-order valence-corrected chi connectivity index (χ3v) is 4.63. The molecule has 1 saturated carbocycles. The van der Waals surface area contributed by atoms with Crippen LogP contribution in [0.4, 0.5) is 0 Å². The molecule has 0 bridgehead atoms. The van der Waals surface area contributed by atoms with Crippen LogP contribution >= 0.6 is 0 Å². The lowest BCUT2D eigenvalue weighted by Crippen LogP contribution is -2.34. The second-order valence-electron chi connectivity index (χ2n) is 6.23. The van der Waals surface area contributed by atoms with Crippen molar-refractivity contribution in [1.82, 2.24) is 5.32 Å². The fourth-order valence-electron chi connectivity index (χ4n) is 3.00. The fourth-order valence-corrected chi connectivity index (χ4v) is 3.00. The molecule has 0 radical (unpaired) electrons. The molecule has 2 fully saturated rings. The van der Waals surface area contributed by atoms with Crippen molar-refractivity contribution in [2.24, 2.45) is 0 Å². The molecular formula is C16H23N. The van der Waals surface area contributed by atoms with Gasteiger partial charge in [0.05, 0.1) is 0 Å². The standard InChI is InChI=1S/C16H23N/c1-12-4-3-5-15(17-12)13-6-8-14(9-7-13)16(2)10-11-16/h6-9,12,15,17H,3-5,10-11H2,1-2H3. The Morgan fingerprint density at radius 3 is 2.41 bits per heavy atom. The molecule has 1 aliphatic carbocycles. The normalized spacial score (nSPS) is 31.2. The van der Waals surface area contributed by atoms with Gasteiger partial charge in [0.1, 0.15) is 0 Å². The number of piperidine rings is 1. The van der Waals surface area contributed by atoms with Crippen LogP contribution in [0.2, 0.25) is 0 Å². The van der Waals surface area contributed by atoms with Gasteiger partial charge >= 0.3 is 0 Å². The van der Waals surface area contributed by atoms with E-state index < -0.39 is 0 Å². The highest BCUT2D eigenvalue weighted by Crippen LogP contribution is 2.47. The van der Waals surface area contributed by atoms with E-state index in [1.807, 2.05) is 0 Å². The predicted molar refractivity (Wildman–Crippen MR) is 72.2 cm³/mol. The molecule has 1 heterocycles. The Balaban J connectivity index is 1.75. The highest BCUT2D eigenvalue weighted by Gasteiger charge is 2.38. The summed E-state index contributed by atoms with van der Waals surface area (Å²) in [7, 11) is 0. The maximum atomic E-state index is 3.71. The molecular weight excluding hydrogens is 206 g/mol. The first kappa shape index (κ1) is 11.3. The minimum atomic E-state index is 0.506. The molecule has 2 atom stereocenters. The van der Waals surface area contributed by atoms with Gasteiger partial charge in [-0.2, -0.15) is 0 Å². The number of hydrogen-bond acceptors (Lipinski definition) is 1. The number of nitrogens with one attached hydrogen (secondary N) is 1. The fraction of sp³-hybridized carbons (Fsp3) is 0.625. The van der Waals surface area contributed by atoms with Crippen LogP contribution in [0.1, 0.15) is 63.1 Å². The van der Waals surface area contributed by atoms with Crippen molar-refractivity contribution < 1.29 is 0 Å². The predicted octanol–water partition coefficient (Wildman–Crippen LogP) is 3.94. The van der Waals surface area contributed by atoms with Crippen molar-refractivity contribution in [1.29, 1.82) is 0 Å². The Morgan fingerprint density at radius 1 is 1.12 bits per heavy atom. The Hall–Kier alpha value is -0.820. The van der Waals surface area contributed by atoms with Gasteiger partial charge in [0.25, 0.3) is 0 Å². The van der Waals surface area contributed by atoms with Gasteiger partial charge in [0.2, 0.25) is 0 Å². The van der Waals surface area contributed by atoms with Gasteiger partial charge in [0.15, 0.2) is 0 Å². The van der Waals surface area contributed by atoms with Crippen LogP contribution < -0.4 is 5.32 Å². The molecule has 1 heteroatoms. The van der Waals surface area contributed by atoms with Crippen molar-refractivity contribution in [2.45, 2.75) is 63.5 Å². The molecule has 1 aromatic rings. The summed E-state index contributed by atoms with van der Waals surface area (Å²) in [5, 5.41) is 3.71. The average molecular weight is 229 g/mol. The smallest absolute Gasteiger partial charge is 0.0322 e. The first-order chi connectivity index (χ1) is 8.17. The van der Waals surface area contributed by atoms with Crippen LogP contribution in [0.25, 0.3) is 0 Å². The van der Waals surface area contributed by atoms with E-state index >= 15 is 0 Å². The first-order valence-electron chi connectivity index (χ1n) is 7.04. The molecule has 1 saturated heterocycles. The van der Waals surface area contributed by atoms with Crippen molar-refractivity contribution in [3.63, 3.8) is 0 Å². The highest BCUT2D eigenvalue weighted by atomic mass is 15.0. The van der Waals surface area contributed by atoms with E-state index in [0.29, 0.717) is 17.5 Å². The molecule has 0 amide bonds. The monoisotopic (exact) mass is 229 g/mol. The van der Waals surface area contributed by atoms with Crippen LogP contribution in [-0.2, 0) is 5.41 Å². The van der Waals surface area contributed by atoms with Gasteiger partial charge in [-0.3, -0.25) is 0 Å². The zero-order chi connectivity index (χ0) is 11.9. The van der Waals surface area contributed by atoms with Gasteiger partial charge in [-0.25, -0.2) is 0 Å². The second kappa shape index (κ2) is 4.13. The zero-order valence-corrected chi connectivity index (χ0v) is 11.0. The van der Waals surface area contributed by atoms with Gasteiger partial charge in [-0.1, -0.05) is 37.6 Å². The third-order valence-electron chi connectivity index (χ3n) is 4.63. The Labute approximate surface area is 105 Å². The largest absolute Gasteiger partial charge is 0.307 e. The second-order valence-corrected chi connectivity index (χ2v) is 6.23. The quantitative estimate of drug-likeness (QED) is 0.810. The van der Waals surface area contributed by atoms with E-state index in [4.69, 9.17) is 0 Å². The van der Waals surface area contributed by atoms with E-state index in [-0.39, 0.29) is 0 Å². The summed E-state index contributed by atoms with van der Waals surface area (Å²) in [4.78, 5) is 0. The molecule has 1 aliphatic heterocycles. The van der Waals surface area contributed by atoms with Crippen LogP contribution in [0.5, 0.6) is 0 Å². The molecule has 17 heavy (non-hydrogen) atoms. The van der Waals surface area contributed by atoms with Gasteiger partial charge in [-0.15, -0.1) is 0 Å². The molecule has 0 aromatic heterocycles. The van der Waals surface area contributed by atoms with Crippen molar-refractivity contribution in [3.8, 4) is 0 Å². The molecule has 92 valence electrons. The number of rotatable bonds is 2. The first-order valence-corrected chi connectivity index (χ1v) is 7.04. The summed E-state index contributed by atoms with van der Waals surface area (Å²) in [6.07, 6.45) is 6.71. The molecule has 1 aromatic carbocycles. The maximum Gasteiger partial charge on any atom is 0.0322 e. The minimum Gasteiger partial charge on any atom is -0.307 e. The van der Waals surface area contributed by atoms with E-state index in [9.17, 15) is 0 Å². The SMILES string of the molecule is CC1CCCC(c2ccc(C3(C)CC3)cc2)N1. The van der Waals surface area contributed by atoms with Crippen molar-refractivity contribution >= 4 is 0 Å². The number of hydrogen-bond donors (Lipinski definition) is 1. The molecule has 2 aliphatic rings. The van der Waals surface area contributed by atoms with Gasteiger partial charge < -0.3 is 5.32 Å². The molecule has 0 spiro atoms. The lowest BCUT2D eigenvalue weighted by Gasteiger charge is -2.29. The molecule has 1 N–H and O–H groups in total. The summed E-state index contributed by atoms with van der Waals surface area (Å²) in [5.41, 5.74) is 3.51. The number of benzene rings is 1. The average Bonchev–Trinajstić information content (AvgIpc) is 3.09. The van der Waals surface area contributed by atoms with Crippen LogP contribution in [0, 0.1) is 0 Å². The third kappa shape index (κ3) is 2.26.